The minimum Gasteiger partial charge on any atom is -0.406 e. The van der Waals surface area contributed by atoms with Gasteiger partial charge < -0.3 is 15.4 Å². The maximum atomic E-state index is 11.4. The van der Waals surface area contributed by atoms with E-state index in [9.17, 15) is 9.59 Å². The summed E-state index contributed by atoms with van der Waals surface area (Å²) in [7, 11) is 3.09. The first-order valence-corrected chi connectivity index (χ1v) is 4.57. The van der Waals surface area contributed by atoms with Crippen molar-refractivity contribution in [2.75, 3.05) is 14.1 Å². The Morgan fingerprint density at radius 1 is 1.33 bits per heavy atom. The fourth-order valence-corrected chi connectivity index (χ4v) is 0.981. The quantitative estimate of drug-likeness (QED) is 0.391. The van der Waals surface area contributed by atoms with Gasteiger partial charge in [0, 0.05) is 20.2 Å². The van der Waals surface area contributed by atoms with E-state index in [-0.39, 0.29) is 11.8 Å². The molecule has 1 amide bonds. The average molecular weight is 212 g/mol. The zero-order valence-corrected chi connectivity index (χ0v) is 9.22. The highest BCUT2D eigenvalue weighted by molar-refractivity contribution is 5.94. The molecular formula is C10H16N2O3. The van der Waals surface area contributed by atoms with Gasteiger partial charge in [0.05, 0.1) is 5.57 Å². The van der Waals surface area contributed by atoms with Crippen molar-refractivity contribution in [1.29, 1.82) is 0 Å². The molecule has 0 spiro atoms. The highest BCUT2D eigenvalue weighted by atomic mass is 16.5. The monoisotopic (exact) mass is 212 g/mol. The molecule has 15 heavy (non-hydrogen) atoms. The van der Waals surface area contributed by atoms with Crippen molar-refractivity contribution < 1.29 is 14.3 Å². The lowest BCUT2D eigenvalue weighted by molar-refractivity contribution is -0.134. The molecule has 0 atom stereocenters. The number of ether oxygens (including phenoxy) is 1. The van der Waals surface area contributed by atoms with Crippen molar-refractivity contribution in [3.8, 4) is 0 Å². The van der Waals surface area contributed by atoms with E-state index in [0.29, 0.717) is 12.0 Å². The van der Waals surface area contributed by atoms with Crippen molar-refractivity contribution in [3.05, 3.63) is 24.1 Å². The molecule has 0 saturated heterocycles. The zero-order chi connectivity index (χ0) is 11.8. The van der Waals surface area contributed by atoms with Crippen molar-refractivity contribution in [1.82, 2.24) is 10.6 Å². The van der Waals surface area contributed by atoms with Crippen LogP contribution >= 0.6 is 0 Å². The van der Waals surface area contributed by atoms with Crippen molar-refractivity contribution in [3.63, 3.8) is 0 Å². The number of esters is 1. The van der Waals surface area contributed by atoms with Gasteiger partial charge in [0.2, 0.25) is 5.88 Å². The molecule has 0 aliphatic carbocycles. The number of hydrogen-bond donors (Lipinski definition) is 2. The van der Waals surface area contributed by atoms with Gasteiger partial charge >= 0.3 is 5.97 Å². The molecule has 0 heterocycles. The van der Waals surface area contributed by atoms with Crippen molar-refractivity contribution in [2.45, 2.75) is 13.3 Å². The van der Waals surface area contributed by atoms with E-state index < -0.39 is 5.97 Å². The SMILES string of the molecule is C=CC(=O)O/C(NC)=C(\CC)C(=O)NC. The normalized spacial score (nSPS) is 11.1. The van der Waals surface area contributed by atoms with Crippen LogP contribution in [0.25, 0.3) is 0 Å². The van der Waals surface area contributed by atoms with Crippen LogP contribution in [0.5, 0.6) is 0 Å². The Balaban J connectivity index is 4.97. The molecule has 2 N–H and O–H groups in total. The molecule has 0 unspecified atom stereocenters. The smallest absolute Gasteiger partial charge is 0.336 e. The van der Waals surface area contributed by atoms with Gasteiger partial charge in [0.1, 0.15) is 0 Å². The van der Waals surface area contributed by atoms with E-state index in [1.807, 2.05) is 0 Å². The second-order valence-corrected chi connectivity index (χ2v) is 2.62. The molecule has 0 aliphatic rings. The molecular weight excluding hydrogens is 196 g/mol. The number of hydrogen-bond acceptors (Lipinski definition) is 4. The van der Waals surface area contributed by atoms with Gasteiger partial charge in [-0.3, -0.25) is 4.79 Å². The molecule has 0 rings (SSSR count). The summed E-state index contributed by atoms with van der Waals surface area (Å²) in [5.41, 5.74) is 0.384. The molecule has 0 aliphatic heterocycles. The van der Waals surface area contributed by atoms with Gasteiger partial charge in [-0.05, 0) is 6.42 Å². The summed E-state index contributed by atoms with van der Waals surface area (Å²) in [5.74, 6) is -0.727. The first-order chi connectivity index (χ1) is 7.10. The number of amides is 1. The lowest BCUT2D eigenvalue weighted by Crippen LogP contribution is -2.26. The van der Waals surface area contributed by atoms with Crippen LogP contribution in [0.4, 0.5) is 0 Å². The van der Waals surface area contributed by atoms with Gasteiger partial charge in [-0.15, -0.1) is 0 Å². The maximum absolute atomic E-state index is 11.4. The summed E-state index contributed by atoms with van der Waals surface area (Å²) >= 11 is 0. The van der Waals surface area contributed by atoms with Crippen molar-refractivity contribution >= 4 is 11.9 Å². The number of carbonyl (C=O) groups excluding carboxylic acids is 2. The molecule has 5 nitrogen and oxygen atoms in total. The molecule has 0 aromatic rings. The summed E-state index contributed by atoms with van der Waals surface area (Å²) in [5, 5.41) is 5.13. The average Bonchev–Trinajstić information content (AvgIpc) is 2.27. The molecule has 0 bridgehead atoms. The number of carbonyl (C=O) groups is 2. The molecule has 84 valence electrons. The van der Waals surface area contributed by atoms with E-state index in [4.69, 9.17) is 4.74 Å². The largest absolute Gasteiger partial charge is 0.406 e. The third-order valence-corrected chi connectivity index (χ3v) is 1.73. The Bertz CT molecular complexity index is 295. The third kappa shape index (κ3) is 3.84. The van der Waals surface area contributed by atoms with Crippen LogP contribution in [0, 0.1) is 0 Å². The van der Waals surface area contributed by atoms with Crippen LogP contribution in [0.15, 0.2) is 24.1 Å². The van der Waals surface area contributed by atoms with Gasteiger partial charge in [-0.1, -0.05) is 13.5 Å². The first-order valence-electron chi connectivity index (χ1n) is 4.57. The van der Waals surface area contributed by atoms with E-state index in [1.54, 1.807) is 14.0 Å². The van der Waals surface area contributed by atoms with Crippen molar-refractivity contribution in [2.24, 2.45) is 0 Å². The highest BCUT2D eigenvalue weighted by Gasteiger charge is 2.14. The Morgan fingerprint density at radius 2 is 1.93 bits per heavy atom. The Morgan fingerprint density at radius 3 is 2.27 bits per heavy atom. The molecule has 5 heteroatoms. The van der Waals surface area contributed by atoms with E-state index in [0.717, 1.165) is 6.08 Å². The van der Waals surface area contributed by atoms with Crippen LogP contribution in [0.2, 0.25) is 0 Å². The maximum Gasteiger partial charge on any atom is 0.336 e. The highest BCUT2D eigenvalue weighted by Crippen LogP contribution is 2.08. The van der Waals surface area contributed by atoms with Gasteiger partial charge in [-0.2, -0.15) is 0 Å². The lowest BCUT2D eigenvalue weighted by atomic mass is 10.2. The summed E-state index contributed by atoms with van der Waals surface area (Å²) in [6.45, 7) is 5.07. The minimum absolute atomic E-state index is 0.154. The summed E-state index contributed by atoms with van der Waals surface area (Å²) in [6, 6.07) is 0. The van der Waals surface area contributed by atoms with Crippen LogP contribution in [0.3, 0.4) is 0 Å². The minimum atomic E-state index is -0.603. The molecule has 0 aromatic carbocycles. The zero-order valence-electron chi connectivity index (χ0n) is 9.22. The van der Waals surface area contributed by atoms with Crippen LogP contribution in [-0.2, 0) is 14.3 Å². The van der Waals surface area contributed by atoms with E-state index >= 15 is 0 Å². The van der Waals surface area contributed by atoms with Gasteiger partial charge in [0.15, 0.2) is 0 Å². The van der Waals surface area contributed by atoms with Crippen LogP contribution < -0.4 is 10.6 Å². The second-order valence-electron chi connectivity index (χ2n) is 2.62. The fourth-order valence-electron chi connectivity index (χ4n) is 0.981. The summed E-state index contributed by atoms with van der Waals surface area (Å²) < 4.78 is 4.88. The number of nitrogens with one attached hydrogen (secondary N) is 2. The predicted octanol–water partition coefficient (Wildman–Crippen LogP) is 0.303. The van der Waals surface area contributed by atoms with E-state index in [1.165, 1.54) is 7.05 Å². The Labute approximate surface area is 89.2 Å². The third-order valence-electron chi connectivity index (χ3n) is 1.73. The lowest BCUT2D eigenvalue weighted by Gasteiger charge is -2.11. The van der Waals surface area contributed by atoms with Gasteiger partial charge in [0.25, 0.3) is 5.91 Å². The molecule has 0 radical (unpaired) electrons. The Kier molecular flexibility index (Phi) is 5.85. The first kappa shape index (κ1) is 13.2. The molecule has 0 saturated carbocycles. The fraction of sp³-hybridized carbons (Fsp3) is 0.400. The summed E-state index contributed by atoms with van der Waals surface area (Å²) in [4.78, 5) is 22.4. The second kappa shape index (κ2) is 6.64. The summed E-state index contributed by atoms with van der Waals surface area (Å²) in [6.07, 6.45) is 1.49. The standard InChI is InChI=1S/C10H16N2O3/c1-5-7(9(14)11-3)10(12-4)15-8(13)6-2/h6,12H,2,5H2,1,3-4H3,(H,11,14)/b10-7+. The molecule has 0 aromatic heterocycles. The van der Waals surface area contributed by atoms with Gasteiger partial charge in [-0.25, -0.2) is 4.79 Å². The Hall–Kier alpha value is -1.78. The number of rotatable bonds is 5. The topological polar surface area (TPSA) is 67.4 Å². The van der Waals surface area contributed by atoms with E-state index in [2.05, 4.69) is 17.2 Å². The number of likely N-dealkylation sites (N-methyl/N-ethyl adjacent to an activating group) is 1. The predicted molar refractivity (Wildman–Crippen MR) is 56.7 cm³/mol. The van der Waals surface area contributed by atoms with Crippen LogP contribution in [-0.4, -0.2) is 26.0 Å². The molecule has 0 fully saturated rings. The van der Waals surface area contributed by atoms with Crippen LogP contribution in [0.1, 0.15) is 13.3 Å².